The predicted molar refractivity (Wildman–Crippen MR) is 62.1 cm³/mol. The number of benzene rings is 1. The second-order valence-corrected chi connectivity index (χ2v) is 3.98. The highest BCUT2D eigenvalue weighted by Crippen LogP contribution is 2.23. The van der Waals surface area contributed by atoms with E-state index in [1.807, 2.05) is 0 Å². The molecule has 0 saturated heterocycles. The second-order valence-electron chi connectivity index (χ2n) is 3.57. The van der Waals surface area contributed by atoms with Gasteiger partial charge in [-0.1, -0.05) is 17.7 Å². The van der Waals surface area contributed by atoms with Crippen LogP contribution < -0.4 is 0 Å². The van der Waals surface area contributed by atoms with E-state index in [1.54, 1.807) is 0 Å². The maximum atomic E-state index is 13.7. The highest BCUT2D eigenvalue weighted by Gasteiger charge is 2.24. The Bertz CT molecular complexity index is 525. The lowest BCUT2D eigenvalue weighted by Crippen LogP contribution is -2.20. The lowest BCUT2D eigenvalue weighted by atomic mass is 10.0. The summed E-state index contributed by atoms with van der Waals surface area (Å²) in [6, 6.07) is 2.77. The van der Waals surface area contributed by atoms with Crippen LogP contribution in [0.2, 0.25) is 5.02 Å². The van der Waals surface area contributed by atoms with Crippen LogP contribution in [-0.2, 0) is 14.3 Å². The zero-order valence-electron chi connectivity index (χ0n) is 9.75. The summed E-state index contributed by atoms with van der Waals surface area (Å²) in [5.74, 6) is -3.83. The van der Waals surface area contributed by atoms with E-state index in [2.05, 4.69) is 4.74 Å². The van der Waals surface area contributed by atoms with E-state index in [-0.39, 0.29) is 16.1 Å². The molecule has 1 aromatic carbocycles. The number of esters is 1. The molecular weight excluding hydrogens is 263 g/mol. The summed E-state index contributed by atoms with van der Waals surface area (Å²) >= 11 is 5.70. The van der Waals surface area contributed by atoms with Crippen molar-refractivity contribution in [1.82, 2.24) is 0 Å². The molecule has 0 radical (unpaired) electrons. The molecule has 0 atom stereocenters. The van der Waals surface area contributed by atoms with Crippen LogP contribution in [-0.4, -0.2) is 24.6 Å². The summed E-state index contributed by atoms with van der Waals surface area (Å²) in [7, 11) is 1.02. The van der Waals surface area contributed by atoms with Gasteiger partial charge in [-0.05, 0) is 18.6 Å². The van der Waals surface area contributed by atoms with E-state index in [0.717, 1.165) is 7.11 Å². The zero-order valence-corrected chi connectivity index (χ0v) is 10.5. The number of Topliss-reactive ketones (excluding diaryl/α,β-unsaturated/α-hetero) is 2. The second kappa shape index (κ2) is 5.73. The van der Waals surface area contributed by atoms with Gasteiger partial charge >= 0.3 is 5.97 Å². The van der Waals surface area contributed by atoms with Gasteiger partial charge in [-0.25, -0.2) is 9.18 Å². The van der Waals surface area contributed by atoms with Crippen molar-refractivity contribution < 1.29 is 23.5 Å². The van der Waals surface area contributed by atoms with E-state index in [0.29, 0.717) is 0 Å². The number of aryl methyl sites for hydroxylation is 1. The highest BCUT2D eigenvalue weighted by molar-refractivity contribution is 6.40. The molecule has 0 bridgehead atoms. The Morgan fingerprint density at radius 3 is 2.50 bits per heavy atom. The minimum Gasteiger partial charge on any atom is -0.463 e. The van der Waals surface area contributed by atoms with E-state index in [9.17, 15) is 18.8 Å². The molecule has 4 nitrogen and oxygen atoms in total. The van der Waals surface area contributed by atoms with Crippen LogP contribution in [0.25, 0.3) is 0 Å². The number of halogens is 2. The number of ether oxygens (including phenoxy) is 1. The molecule has 0 aliphatic heterocycles. The fourth-order valence-electron chi connectivity index (χ4n) is 1.33. The van der Waals surface area contributed by atoms with Crippen molar-refractivity contribution in [1.29, 1.82) is 0 Å². The van der Waals surface area contributed by atoms with Crippen LogP contribution in [0.5, 0.6) is 0 Å². The number of carbonyl (C=O) groups excluding carboxylic acids is 3. The minimum absolute atomic E-state index is 0.0965. The quantitative estimate of drug-likeness (QED) is 0.364. The molecule has 0 unspecified atom stereocenters. The molecule has 0 aliphatic carbocycles. The Morgan fingerprint density at radius 2 is 1.94 bits per heavy atom. The molecule has 1 rings (SSSR count). The average molecular weight is 273 g/mol. The van der Waals surface area contributed by atoms with Crippen molar-refractivity contribution in [2.24, 2.45) is 0 Å². The SMILES string of the molecule is COC(=O)C(=O)CC(=O)c1c(Cl)ccc(C)c1F. The third-order valence-electron chi connectivity index (χ3n) is 2.30. The summed E-state index contributed by atoms with van der Waals surface area (Å²) in [5.41, 5.74) is -0.151. The number of carbonyl (C=O) groups is 3. The molecule has 18 heavy (non-hydrogen) atoms. The Morgan fingerprint density at radius 1 is 1.33 bits per heavy atom. The molecule has 0 heterocycles. The summed E-state index contributed by atoms with van der Waals surface area (Å²) in [6.07, 6.45) is -0.771. The monoisotopic (exact) mass is 272 g/mol. The fraction of sp³-hybridized carbons (Fsp3) is 0.250. The number of hydrogen-bond donors (Lipinski definition) is 0. The van der Waals surface area contributed by atoms with Crippen molar-refractivity contribution in [3.05, 3.63) is 34.1 Å². The molecule has 0 fully saturated rings. The molecule has 6 heteroatoms. The van der Waals surface area contributed by atoms with Crippen molar-refractivity contribution in [3.8, 4) is 0 Å². The van der Waals surface area contributed by atoms with Crippen LogP contribution in [0.15, 0.2) is 12.1 Å². The number of ketones is 2. The summed E-state index contributed by atoms with van der Waals surface area (Å²) in [4.78, 5) is 33.8. The first-order valence-electron chi connectivity index (χ1n) is 4.97. The molecule has 1 aromatic rings. The van der Waals surface area contributed by atoms with Crippen molar-refractivity contribution in [2.75, 3.05) is 7.11 Å². The smallest absolute Gasteiger partial charge is 0.374 e. The maximum absolute atomic E-state index is 13.7. The van der Waals surface area contributed by atoms with Crippen LogP contribution in [0, 0.1) is 12.7 Å². The van der Waals surface area contributed by atoms with Crippen molar-refractivity contribution >= 4 is 29.1 Å². The first-order valence-corrected chi connectivity index (χ1v) is 5.35. The molecule has 0 spiro atoms. The predicted octanol–water partition coefficient (Wildman–Crippen LogP) is 2.10. The first kappa shape index (κ1) is 14.3. The van der Waals surface area contributed by atoms with E-state index in [1.165, 1.54) is 19.1 Å². The Balaban J connectivity index is 3.02. The van der Waals surface area contributed by atoms with Gasteiger partial charge < -0.3 is 4.74 Å². The van der Waals surface area contributed by atoms with Gasteiger partial charge in [0.2, 0.25) is 5.78 Å². The van der Waals surface area contributed by atoms with Crippen LogP contribution >= 0.6 is 11.6 Å². The normalized spacial score (nSPS) is 10.0. The molecule has 0 N–H and O–H groups in total. The van der Waals surface area contributed by atoms with Gasteiger partial charge in [0.1, 0.15) is 5.82 Å². The molecule has 0 aromatic heterocycles. The minimum atomic E-state index is -1.15. The van der Waals surface area contributed by atoms with E-state index >= 15 is 0 Å². The van der Waals surface area contributed by atoms with Gasteiger partial charge in [-0.15, -0.1) is 0 Å². The maximum Gasteiger partial charge on any atom is 0.374 e. The van der Waals surface area contributed by atoms with Crippen molar-refractivity contribution in [3.63, 3.8) is 0 Å². The Hall–Kier alpha value is -1.75. The number of methoxy groups -OCH3 is 1. The van der Waals surface area contributed by atoms with Crippen molar-refractivity contribution in [2.45, 2.75) is 13.3 Å². The summed E-state index contributed by atoms with van der Waals surface area (Å²) in [6.45, 7) is 1.46. The zero-order chi connectivity index (χ0) is 13.9. The summed E-state index contributed by atoms with van der Waals surface area (Å²) in [5, 5.41) is -0.0965. The third-order valence-corrected chi connectivity index (χ3v) is 2.61. The molecule has 0 amide bonds. The largest absolute Gasteiger partial charge is 0.463 e. The van der Waals surface area contributed by atoms with Crippen LogP contribution in [0.1, 0.15) is 22.3 Å². The lowest BCUT2D eigenvalue weighted by molar-refractivity contribution is -0.151. The molecule has 0 aliphatic rings. The molecule has 96 valence electrons. The standard InChI is InChI=1S/C12H10ClFO4/c1-6-3-4-7(13)10(11(6)14)8(15)5-9(16)12(17)18-2/h3-4H,5H2,1-2H3. The summed E-state index contributed by atoms with van der Waals surface area (Å²) < 4.78 is 17.9. The third kappa shape index (κ3) is 2.92. The molecular formula is C12H10ClFO4. The Kier molecular flexibility index (Phi) is 4.55. The van der Waals surface area contributed by atoms with Gasteiger partial charge in [-0.2, -0.15) is 0 Å². The van der Waals surface area contributed by atoms with E-state index < -0.39 is 29.8 Å². The van der Waals surface area contributed by atoms with Gasteiger partial charge in [0, 0.05) is 0 Å². The highest BCUT2D eigenvalue weighted by atomic mass is 35.5. The topological polar surface area (TPSA) is 60.4 Å². The fourth-order valence-corrected chi connectivity index (χ4v) is 1.58. The van der Waals surface area contributed by atoms with Gasteiger partial charge in [0.05, 0.1) is 24.1 Å². The average Bonchev–Trinajstić information content (AvgIpc) is 2.33. The number of hydrogen-bond acceptors (Lipinski definition) is 4. The molecule has 0 saturated carbocycles. The van der Waals surface area contributed by atoms with Crippen LogP contribution in [0.4, 0.5) is 4.39 Å². The first-order chi connectivity index (χ1) is 8.38. The van der Waals surface area contributed by atoms with Gasteiger partial charge in [0.25, 0.3) is 0 Å². The lowest BCUT2D eigenvalue weighted by Gasteiger charge is -2.06. The van der Waals surface area contributed by atoms with Crippen LogP contribution in [0.3, 0.4) is 0 Å². The number of rotatable bonds is 4. The Labute approximate surface area is 108 Å². The van der Waals surface area contributed by atoms with Gasteiger partial charge in [-0.3, -0.25) is 9.59 Å². The van der Waals surface area contributed by atoms with E-state index in [4.69, 9.17) is 11.6 Å². The van der Waals surface area contributed by atoms with Gasteiger partial charge in [0.15, 0.2) is 5.78 Å².